The molecule has 0 aromatic carbocycles. The molecular weight excluding hydrogens is 250 g/mol. The quantitative estimate of drug-likeness (QED) is 0.488. The van der Waals surface area contributed by atoms with Gasteiger partial charge in [0.25, 0.3) is 0 Å². The van der Waals surface area contributed by atoms with E-state index in [0.29, 0.717) is 0 Å². The summed E-state index contributed by atoms with van der Waals surface area (Å²) in [4.78, 5) is 11.4. The Labute approximate surface area is 95.6 Å². The normalized spacial score (nSPS) is 55.0. The largest absolute Gasteiger partial charge is 0.360 e. The van der Waals surface area contributed by atoms with Crippen LogP contribution in [0.2, 0.25) is 0 Å². The lowest BCUT2D eigenvalue weighted by atomic mass is 9.76. The molecule has 3 aliphatic rings. The van der Waals surface area contributed by atoms with E-state index in [9.17, 15) is 4.79 Å². The predicted octanol–water partition coefficient (Wildman–Crippen LogP) is 1.48. The number of halogens is 3. The molecule has 1 unspecified atom stereocenters. The van der Waals surface area contributed by atoms with E-state index in [1.54, 1.807) is 6.92 Å². The smallest absolute Gasteiger partial charge is 0.201 e. The van der Waals surface area contributed by atoms with Crippen molar-refractivity contribution in [3.05, 3.63) is 0 Å². The molecule has 5 atom stereocenters. The van der Waals surface area contributed by atoms with Crippen LogP contribution in [-0.2, 0) is 14.3 Å². The van der Waals surface area contributed by atoms with Crippen LogP contribution in [0.15, 0.2) is 0 Å². The fourth-order valence-electron chi connectivity index (χ4n) is 2.22. The number of fused-ring (bicyclic) bond motifs is 2. The number of hydrogen-bond acceptors (Lipinski definition) is 3. The maximum absolute atomic E-state index is 11.4. The van der Waals surface area contributed by atoms with Crippen molar-refractivity contribution in [2.24, 2.45) is 5.41 Å². The van der Waals surface area contributed by atoms with Crippen molar-refractivity contribution in [1.82, 2.24) is 0 Å². The van der Waals surface area contributed by atoms with Crippen LogP contribution in [0.5, 0.6) is 0 Å². The molecule has 3 nitrogen and oxygen atoms in total. The Balaban J connectivity index is 1.99. The van der Waals surface area contributed by atoms with Gasteiger partial charge in [-0.25, -0.2) is 0 Å². The average Bonchev–Trinajstić information content (AvgIpc) is 2.90. The van der Waals surface area contributed by atoms with Crippen molar-refractivity contribution in [2.45, 2.75) is 35.1 Å². The Kier molecular flexibility index (Phi) is 1.66. The van der Waals surface area contributed by atoms with Gasteiger partial charge in [-0.3, -0.25) is 4.79 Å². The first-order valence-electron chi connectivity index (χ1n) is 4.29. The fourth-order valence-corrected chi connectivity index (χ4v) is 2.86. The molecule has 0 aromatic rings. The van der Waals surface area contributed by atoms with Crippen LogP contribution < -0.4 is 0 Å². The Morgan fingerprint density at radius 2 is 1.64 bits per heavy atom. The molecule has 0 N–H and O–H groups in total. The first-order valence-corrected chi connectivity index (χ1v) is 5.42. The van der Waals surface area contributed by atoms with Crippen LogP contribution in [0, 0.1) is 5.41 Å². The van der Waals surface area contributed by atoms with Crippen LogP contribution >= 0.6 is 34.8 Å². The van der Waals surface area contributed by atoms with Crippen molar-refractivity contribution < 1.29 is 14.3 Å². The Morgan fingerprint density at radius 1 is 1.21 bits per heavy atom. The molecule has 1 saturated carbocycles. The molecule has 2 aliphatic heterocycles. The van der Waals surface area contributed by atoms with Gasteiger partial charge in [0.15, 0.2) is 5.78 Å². The number of ketones is 1. The summed E-state index contributed by atoms with van der Waals surface area (Å²) in [6, 6.07) is 0. The molecule has 0 bridgehead atoms. The van der Waals surface area contributed by atoms with Crippen LogP contribution in [0.4, 0.5) is 0 Å². The lowest BCUT2D eigenvalue weighted by molar-refractivity contribution is -0.121. The van der Waals surface area contributed by atoms with E-state index in [4.69, 9.17) is 44.3 Å². The number of epoxide rings is 2. The number of carbonyl (C=O) groups excluding carboxylic acids is 1. The van der Waals surface area contributed by atoms with Crippen molar-refractivity contribution in [1.29, 1.82) is 0 Å². The minimum atomic E-state index is -1.47. The first-order chi connectivity index (χ1) is 6.37. The second-order valence-corrected chi connectivity index (χ2v) is 6.42. The minimum Gasteiger partial charge on any atom is -0.360 e. The van der Waals surface area contributed by atoms with E-state index >= 15 is 0 Å². The molecule has 6 heteroatoms. The summed E-state index contributed by atoms with van der Waals surface area (Å²) in [7, 11) is 0. The number of Topliss-reactive ketones (excluding diaryl/α,β-unsaturated/α-hetero) is 1. The summed E-state index contributed by atoms with van der Waals surface area (Å²) in [5.74, 6) is -0.00766. The average molecular weight is 258 g/mol. The van der Waals surface area contributed by atoms with E-state index in [1.807, 2.05) is 0 Å². The van der Waals surface area contributed by atoms with Gasteiger partial charge >= 0.3 is 0 Å². The summed E-state index contributed by atoms with van der Waals surface area (Å²) in [6.45, 7) is 1.79. The molecule has 0 spiro atoms. The summed E-state index contributed by atoms with van der Waals surface area (Å²) in [5.41, 5.74) is -0.707. The highest BCUT2D eigenvalue weighted by Crippen LogP contribution is 2.64. The number of hydrogen-bond donors (Lipinski definition) is 0. The predicted molar refractivity (Wildman–Crippen MR) is 50.7 cm³/mol. The van der Waals surface area contributed by atoms with Gasteiger partial charge in [-0.1, -0.05) is 41.7 Å². The summed E-state index contributed by atoms with van der Waals surface area (Å²) >= 11 is 17.7. The van der Waals surface area contributed by atoms with E-state index in [-0.39, 0.29) is 18.0 Å². The lowest BCUT2D eigenvalue weighted by Gasteiger charge is -2.34. The van der Waals surface area contributed by atoms with Gasteiger partial charge in [0, 0.05) is 0 Å². The highest BCUT2D eigenvalue weighted by Gasteiger charge is 2.78. The lowest BCUT2D eigenvalue weighted by Crippen LogP contribution is -2.49. The third-order valence-electron chi connectivity index (χ3n) is 3.34. The van der Waals surface area contributed by atoms with Gasteiger partial charge in [-0.15, -0.1) is 0 Å². The zero-order chi connectivity index (χ0) is 10.3. The molecule has 1 aliphatic carbocycles. The molecule has 2 saturated heterocycles. The molecule has 3 rings (SSSR count). The number of ether oxygens (including phenoxy) is 2. The summed E-state index contributed by atoms with van der Waals surface area (Å²) in [5, 5.41) is 0. The zero-order valence-electron chi connectivity index (χ0n) is 7.17. The highest BCUT2D eigenvalue weighted by molar-refractivity contribution is 6.68. The van der Waals surface area contributed by atoms with E-state index < -0.39 is 21.4 Å². The van der Waals surface area contributed by atoms with Gasteiger partial charge < -0.3 is 9.47 Å². The molecule has 3 fully saturated rings. The van der Waals surface area contributed by atoms with E-state index in [0.717, 1.165) is 0 Å². The van der Waals surface area contributed by atoms with Crippen molar-refractivity contribution >= 4 is 40.6 Å². The summed E-state index contributed by atoms with van der Waals surface area (Å²) in [6.07, 6.45) is -1.43. The van der Waals surface area contributed by atoms with Gasteiger partial charge in [-0.05, 0) is 0 Å². The molecule has 14 heavy (non-hydrogen) atoms. The van der Waals surface area contributed by atoms with E-state index in [1.165, 1.54) is 0 Å². The third-order valence-corrected chi connectivity index (χ3v) is 4.56. The van der Waals surface area contributed by atoms with Gasteiger partial charge in [0.05, 0.1) is 5.41 Å². The standard InChI is InChI=1S/C8H7Cl3O3/c1-7(8(9,10)11)5-3(13-5)2(12)4-6(7)14-4/h3-6H,1H3/t3-,4+,5-,6-,7?/m1/s1. The Bertz CT molecular complexity index is 304. The number of alkyl halides is 3. The van der Waals surface area contributed by atoms with Crippen LogP contribution in [0.1, 0.15) is 6.92 Å². The first kappa shape index (κ1) is 9.67. The SMILES string of the molecule is CC1(C(Cl)(Cl)Cl)[C@@H]2O[C@@H]2C(=O)[C@@H]2O[C@H]21. The van der Waals surface area contributed by atoms with Crippen LogP contribution in [0.3, 0.4) is 0 Å². The molecule has 0 radical (unpaired) electrons. The van der Waals surface area contributed by atoms with Crippen LogP contribution in [-0.4, -0.2) is 34.0 Å². The van der Waals surface area contributed by atoms with Crippen molar-refractivity contribution in [3.8, 4) is 0 Å². The van der Waals surface area contributed by atoms with Gasteiger partial charge in [0.2, 0.25) is 3.79 Å². The molecule has 0 amide bonds. The van der Waals surface area contributed by atoms with E-state index in [2.05, 4.69) is 0 Å². The summed E-state index contributed by atoms with van der Waals surface area (Å²) < 4.78 is 9.03. The minimum absolute atomic E-state index is 0.00766. The fraction of sp³-hybridized carbons (Fsp3) is 0.875. The topological polar surface area (TPSA) is 42.1 Å². The van der Waals surface area contributed by atoms with Crippen molar-refractivity contribution in [2.75, 3.05) is 0 Å². The van der Waals surface area contributed by atoms with Gasteiger partial charge in [0.1, 0.15) is 24.4 Å². The maximum atomic E-state index is 11.4. The maximum Gasteiger partial charge on any atom is 0.201 e. The second kappa shape index (κ2) is 2.41. The monoisotopic (exact) mass is 256 g/mol. The Hall–Kier alpha value is 0.460. The number of rotatable bonds is 0. The molecule has 78 valence electrons. The van der Waals surface area contributed by atoms with Gasteiger partial charge in [-0.2, -0.15) is 0 Å². The third kappa shape index (κ3) is 0.952. The second-order valence-electron chi connectivity index (χ2n) is 4.14. The highest BCUT2D eigenvalue weighted by atomic mass is 35.6. The molecule has 2 heterocycles. The Morgan fingerprint density at radius 3 is 2.00 bits per heavy atom. The number of carbonyl (C=O) groups is 1. The molecule has 0 aromatic heterocycles. The molecular formula is C8H7Cl3O3. The van der Waals surface area contributed by atoms with Crippen molar-refractivity contribution in [3.63, 3.8) is 0 Å². The zero-order valence-corrected chi connectivity index (χ0v) is 9.44. The van der Waals surface area contributed by atoms with Crippen LogP contribution in [0.25, 0.3) is 0 Å².